The Morgan fingerprint density at radius 3 is 2.68 bits per heavy atom. The molecule has 7 heteroatoms. The Morgan fingerprint density at radius 1 is 1.42 bits per heavy atom. The van der Waals surface area contributed by atoms with Crippen LogP contribution >= 0.6 is 15.9 Å². The Hall–Kier alpha value is -1.11. The fraction of sp³-hybridized carbons (Fsp3) is 0.500. The van der Waals surface area contributed by atoms with Crippen LogP contribution < -0.4 is 5.32 Å². The van der Waals surface area contributed by atoms with Crippen LogP contribution in [0.4, 0.5) is 19.0 Å². The van der Waals surface area contributed by atoms with Gasteiger partial charge in [0.15, 0.2) is 0 Å². The third-order valence-electron chi connectivity index (χ3n) is 2.43. The van der Waals surface area contributed by atoms with Crippen LogP contribution in [0.3, 0.4) is 0 Å². The first-order chi connectivity index (χ1) is 8.84. The molecule has 0 radical (unpaired) electrons. The first-order valence-corrected chi connectivity index (χ1v) is 6.66. The van der Waals surface area contributed by atoms with Crippen molar-refractivity contribution in [1.29, 1.82) is 5.41 Å². The number of rotatable bonds is 6. The Labute approximate surface area is 118 Å². The van der Waals surface area contributed by atoms with Crippen molar-refractivity contribution in [2.75, 3.05) is 11.9 Å². The molecule has 0 atom stereocenters. The van der Waals surface area contributed by atoms with Crippen LogP contribution in [0.15, 0.2) is 16.7 Å². The molecule has 0 saturated carbocycles. The number of nitrogens with zero attached hydrogens (tertiary/aromatic N) is 1. The lowest BCUT2D eigenvalue weighted by atomic mass is 10.1. The van der Waals surface area contributed by atoms with Crippen LogP contribution in [0, 0.1) is 5.41 Å². The third-order valence-corrected chi connectivity index (χ3v) is 2.86. The highest BCUT2D eigenvalue weighted by molar-refractivity contribution is 9.10. The van der Waals surface area contributed by atoms with Crippen LogP contribution in [-0.2, 0) is 6.18 Å². The molecule has 0 amide bonds. The van der Waals surface area contributed by atoms with Crippen LogP contribution in [0.5, 0.6) is 0 Å². The molecule has 1 heterocycles. The van der Waals surface area contributed by atoms with E-state index in [0.29, 0.717) is 18.6 Å². The average molecular weight is 338 g/mol. The molecule has 0 aliphatic carbocycles. The van der Waals surface area contributed by atoms with Gasteiger partial charge in [0, 0.05) is 29.3 Å². The summed E-state index contributed by atoms with van der Waals surface area (Å²) in [7, 11) is 0. The van der Waals surface area contributed by atoms with Crippen molar-refractivity contribution >= 4 is 27.5 Å². The first kappa shape index (κ1) is 15.9. The molecule has 0 spiro atoms. The van der Waals surface area contributed by atoms with E-state index in [2.05, 4.69) is 26.2 Å². The number of halogens is 4. The molecule has 3 nitrogen and oxygen atoms in total. The molecule has 0 bridgehead atoms. The SMILES string of the molecule is CCCC(=N)CCNc1ncc(Br)cc1C(F)(F)F. The van der Waals surface area contributed by atoms with Gasteiger partial charge in [-0.25, -0.2) is 4.98 Å². The topological polar surface area (TPSA) is 48.8 Å². The van der Waals surface area contributed by atoms with Gasteiger partial charge in [-0.3, -0.25) is 0 Å². The van der Waals surface area contributed by atoms with Crippen molar-refractivity contribution in [3.8, 4) is 0 Å². The molecule has 0 aliphatic rings. The lowest BCUT2D eigenvalue weighted by Gasteiger charge is -2.13. The van der Waals surface area contributed by atoms with Gasteiger partial charge in [-0.2, -0.15) is 13.2 Å². The van der Waals surface area contributed by atoms with E-state index in [-0.39, 0.29) is 16.8 Å². The second-order valence-electron chi connectivity index (χ2n) is 4.08. The predicted molar refractivity (Wildman–Crippen MR) is 72.7 cm³/mol. The maximum atomic E-state index is 12.8. The Morgan fingerprint density at radius 2 is 2.11 bits per heavy atom. The zero-order valence-corrected chi connectivity index (χ0v) is 12.0. The Balaban J connectivity index is 2.71. The highest BCUT2D eigenvalue weighted by atomic mass is 79.9. The van der Waals surface area contributed by atoms with Crippen molar-refractivity contribution in [1.82, 2.24) is 4.98 Å². The summed E-state index contributed by atoms with van der Waals surface area (Å²) in [6, 6.07) is 0.993. The number of pyridine rings is 1. The van der Waals surface area contributed by atoms with E-state index in [4.69, 9.17) is 5.41 Å². The van der Waals surface area contributed by atoms with E-state index in [9.17, 15) is 13.2 Å². The number of hydrogen-bond acceptors (Lipinski definition) is 3. The van der Waals surface area contributed by atoms with Crippen LogP contribution in [0.2, 0.25) is 0 Å². The van der Waals surface area contributed by atoms with Crippen molar-refractivity contribution in [3.63, 3.8) is 0 Å². The molecular weight excluding hydrogens is 323 g/mol. The number of alkyl halides is 3. The molecule has 0 fully saturated rings. The molecule has 1 aromatic rings. The maximum absolute atomic E-state index is 12.8. The van der Waals surface area contributed by atoms with Crippen molar-refractivity contribution in [3.05, 3.63) is 22.3 Å². The molecule has 0 saturated heterocycles. The van der Waals surface area contributed by atoms with Gasteiger partial charge >= 0.3 is 6.18 Å². The monoisotopic (exact) mass is 337 g/mol. The number of nitrogens with one attached hydrogen (secondary N) is 2. The summed E-state index contributed by atoms with van der Waals surface area (Å²) in [5.41, 5.74) is -0.274. The molecule has 19 heavy (non-hydrogen) atoms. The zero-order chi connectivity index (χ0) is 14.5. The molecule has 2 N–H and O–H groups in total. The number of anilines is 1. The summed E-state index contributed by atoms with van der Waals surface area (Å²) in [5.74, 6) is -0.194. The minimum absolute atomic E-state index is 0.194. The smallest absolute Gasteiger partial charge is 0.369 e. The second kappa shape index (κ2) is 6.88. The summed E-state index contributed by atoms with van der Waals surface area (Å²) in [6.07, 6.45) is -1.18. The summed E-state index contributed by atoms with van der Waals surface area (Å²) < 4.78 is 38.7. The molecular formula is C12H15BrF3N3. The minimum atomic E-state index is -4.45. The van der Waals surface area contributed by atoms with Gasteiger partial charge < -0.3 is 10.7 Å². The quantitative estimate of drug-likeness (QED) is 0.751. The van der Waals surface area contributed by atoms with Gasteiger partial charge in [-0.15, -0.1) is 0 Å². The molecule has 106 valence electrons. The standard InChI is InChI=1S/C12H15BrF3N3/c1-2-3-9(17)4-5-18-11-10(12(14,15)16)6-8(13)7-19-11/h6-7,17H,2-5H2,1H3,(H,18,19). The molecule has 1 rings (SSSR count). The molecule has 0 aromatic carbocycles. The number of aromatic nitrogens is 1. The average Bonchev–Trinajstić information content (AvgIpc) is 2.30. The first-order valence-electron chi connectivity index (χ1n) is 5.87. The summed E-state index contributed by atoms with van der Waals surface area (Å²) >= 11 is 2.98. The highest BCUT2D eigenvalue weighted by Gasteiger charge is 2.34. The Bertz CT molecular complexity index is 446. The summed E-state index contributed by atoms with van der Waals surface area (Å²) in [5, 5.41) is 10.2. The maximum Gasteiger partial charge on any atom is 0.419 e. The van der Waals surface area contributed by atoms with Crippen molar-refractivity contribution in [2.45, 2.75) is 32.4 Å². The van der Waals surface area contributed by atoms with Gasteiger partial charge in [0.2, 0.25) is 0 Å². The summed E-state index contributed by atoms with van der Waals surface area (Å²) in [4.78, 5) is 3.74. The van der Waals surface area contributed by atoms with Crippen LogP contribution in [-0.4, -0.2) is 17.2 Å². The van der Waals surface area contributed by atoms with E-state index in [0.717, 1.165) is 12.5 Å². The van der Waals surface area contributed by atoms with Gasteiger partial charge in [0.05, 0.1) is 5.56 Å². The van der Waals surface area contributed by atoms with Crippen LogP contribution in [0.1, 0.15) is 31.7 Å². The van der Waals surface area contributed by atoms with E-state index in [1.807, 2.05) is 6.92 Å². The van der Waals surface area contributed by atoms with Gasteiger partial charge in [0.25, 0.3) is 0 Å². The largest absolute Gasteiger partial charge is 0.419 e. The second-order valence-corrected chi connectivity index (χ2v) is 4.99. The normalized spacial score (nSPS) is 11.4. The van der Waals surface area contributed by atoms with Gasteiger partial charge in [0.1, 0.15) is 5.82 Å². The predicted octanol–water partition coefficient (Wildman–Crippen LogP) is 4.48. The molecule has 0 unspecified atom stereocenters. The van der Waals surface area contributed by atoms with E-state index >= 15 is 0 Å². The van der Waals surface area contributed by atoms with Crippen molar-refractivity contribution in [2.24, 2.45) is 0 Å². The fourth-order valence-corrected chi connectivity index (χ4v) is 1.89. The fourth-order valence-electron chi connectivity index (χ4n) is 1.55. The number of hydrogen-bond donors (Lipinski definition) is 2. The van der Waals surface area contributed by atoms with Crippen molar-refractivity contribution < 1.29 is 13.2 Å². The third kappa shape index (κ3) is 5.18. The van der Waals surface area contributed by atoms with Crippen LogP contribution in [0.25, 0.3) is 0 Å². The van der Waals surface area contributed by atoms with E-state index < -0.39 is 11.7 Å². The van der Waals surface area contributed by atoms with E-state index in [1.165, 1.54) is 6.20 Å². The lowest BCUT2D eigenvalue weighted by Crippen LogP contribution is -2.14. The van der Waals surface area contributed by atoms with E-state index in [1.54, 1.807) is 0 Å². The lowest BCUT2D eigenvalue weighted by molar-refractivity contribution is -0.137. The molecule has 0 aliphatic heterocycles. The minimum Gasteiger partial charge on any atom is -0.369 e. The molecule has 1 aromatic heterocycles. The van der Waals surface area contributed by atoms with Gasteiger partial charge in [-0.1, -0.05) is 13.3 Å². The summed E-state index contributed by atoms with van der Waals surface area (Å²) in [6.45, 7) is 2.23. The highest BCUT2D eigenvalue weighted by Crippen LogP contribution is 2.35. The zero-order valence-electron chi connectivity index (χ0n) is 10.4. The van der Waals surface area contributed by atoms with Gasteiger partial charge in [-0.05, 0) is 28.4 Å². The Kier molecular flexibility index (Phi) is 5.78.